The van der Waals surface area contributed by atoms with E-state index in [1.54, 1.807) is 6.92 Å². The Morgan fingerprint density at radius 3 is 2.04 bits per heavy atom. The topological polar surface area (TPSA) is 26.3 Å². The number of carbonyl (C=O) groups is 1. The predicted octanol–water partition coefficient (Wildman–Crippen LogP) is 6.13. The van der Waals surface area contributed by atoms with Crippen LogP contribution in [0.15, 0.2) is 11.6 Å². The second kappa shape index (κ2) is 6.72. The predicted molar refractivity (Wildman–Crippen MR) is 105 cm³/mol. The molecule has 0 saturated heterocycles. The lowest BCUT2D eigenvalue weighted by Crippen LogP contribution is -2.62. The van der Waals surface area contributed by atoms with E-state index in [4.69, 9.17) is 4.43 Å². The van der Waals surface area contributed by atoms with Crippen molar-refractivity contribution in [1.29, 1.82) is 0 Å². The van der Waals surface area contributed by atoms with Crippen LogP contribution in [0.2, 0.25) is 16.6 Å². The summed E-state index contributed by atoms with van der Waals surface area (Å²) in [5.74, 6) is 1.32. The molecule has 0 aliphatic heterocycles. The zero-order valence-corrected chi connectivity index (χ0v) is 18.3. The highest BCUT2D eigenvalue weighted by atomic mass is 28.4. The fraction of sp³-hybridized carbons (Fsp3) is 0.857. The van der Waals surface area contributed by atoms with Gasteiger partial charge in [-0.3, -0.25) is 4.79 Å². The molecule has 3 aliphatic carbocycles. The van der Waals surface area contributed by atoms with E-state index in [-0.39, 0.29) is 11.5 Å². The van der Waals surface area contributed by atoms with Gasteiger partial charge in [-0.25, -0.2) is 0 Å². The molecular formula is C21H38O2Si. The summed E-state index contributed by atoms with van der Waals surface area (Å²) in [5, 5.41) is 0. The number of allylic oxidation sites excluding steroid dienone is 1. The number of fused-ring (bicyclic) bond motifs is 2. The number of Topliss-reactive ketones (excluding diaryl/α,β-unsaturated/α-hetero) is 1. The summed E-state index contributed by atoms with van der Waals surface area (Å²) >= 11 is 0. The molecule has 0 aromatic carbocycles. The summed E-state index contributed by atoms with van der Waals surface area (Å²) in [6.45, 7) is 20.3. The number of carbonyl (C=O) groups excluding carboxylic acids is 1. The summed E-state index contributed by atoms with van der Waals surface area (Å²) in [6, 6.07) is 0. The zero-order valence-electron chi connectivity index (χ0n) is 17.3. The highest BCUT2D eigenvalue weighted by Gasteiger charge is 2.58. The van der Waals surface area contributed by atoms with Crippen LogP contribution in [0.5, 0.6) is 0 Å². The smallest absolute Gasteiger partial charge is 0.201 e. The first-order chi connectivity index (χ1) is 11.0. The second-order valence-electron chi connectivity index (χ2n) is 9.36. The van der Waals surface area contributed by atoms with Crippen molar-refractivity contribution in [2.24, 2.45) is 17.8 Å². The van der Waals surface area contributed by atoms with Gasteiger partial charge >= 0.3 is 0 Å². The van der Waals surface area contributed by atoms with Crippen LogP contribution >= 0.6 is 0 Å². The fourth-order valence-electron chi connectivity index (χ4n) is 6.31. The molecule has 3 heteroatoms. The molecule has 1 saturated carbocycles. The minimum absolute atomic E-state index is 0.0306. The Bertz CT molecular complexity index is 498. The number of rotatable bonds is 6. The van der Waals surface area contributed by atoms with Crippen molar-refractivity contribution < 1.29 is 9.22 Å². The molecule has 0 aromatic heterocycles. The molecule has 1 fully saturated rings. The van der Waals surface area contributed by atoms with E-state index in [0.29, 0.717) is 34.2 Å². The van der Waals surface area contributed by atoms with Crippen LogP contribution in [0.1, 0.15) is 75.2 Å². The Morgan fingerprint density at radius 1 is 1.17 bits per heavy atom. The maximum atomic E-state index is 12.6. The Morgan fingerprint density at radius 2 is 1.67 bits per heavy atom. The maximum Gasteiger partial charge on any atom is 0.201 e. The van der Waals surface area contributed by atoms with Gasteiger partial charge in [0.25, 0.3) is 0 Å². The van der Waals surface area contributed by atoms with Crippen molar-refractivity contribution in [3.8, 4) is 0 Å². The third-order valence-electron chi connectivity index (χ3n) is 7.10. The molecule has 3 aliphatic rings. The largest absolute Gasteiger partial charge is 0.406 e. The average Bonchev–Trinajstić information content (AvgIpc) is 2.43. The van der Waals surface area contributed by atoms with Crippen molar-refractivity contribution in [2.75, 3.05) is 0 Å². The molecule has 0 heterocycles. The van der Waals surface area contributed by atoms with E-state index < -0.39 is 8.32 Å². The van der Waals surface area contributed by atoms with Crippen LogP contribution < -0.4 is 0 Å². The molecule has 2 nitrogen and oxygen atoms in total. The molecule has 138 valence electrons. The molecule has 4 atom stereocenters. The fourth-order valence-corrected chi connectivity index (χ4v) is 12.0. The third kappa shape index (κ3) is 2.86. The van der Waals surface area contributed by atoms with Crippen LogP contribution in [0, 0.1) is 17.8 Å². The molecule has 0 radical (unpaired) electrons. The van der Waals surface area contributed by atoms with E-state index in [9.17, 15) is 4.79 Å². The zero-order chi connectivity index (χ0) is 18.4. The van der Waals surface area contributed by atoms with Crippen molar-refractivity contribution in [3.05, 3.63) is 11.6 Å². The minimum Gasteiger partial charge on any atom is -0.406 e. The lowest BCUT2D eigenvalue weighted by Gasteiger charge is -2.58. The average molecular weight is 351 g/mol. The summed E-state index contributed by atoms with van der Waals surface area (Å²) in [5.41, 5.74) is 2.73. The maximum absolute atomic E-state index is 12.6. The third-order valence-corrected chi connectivity index (χ3v) is 13.2. The molecular weight excluding hydrogens is 312 g/mol. The monoisotopic (exact) mass is 350 g/mol. The quantitative estimate of drug-likeness (QED) is 0.425. The lowest BCUT2D eigenvalue weighted by molar-refractivity contribution is -0.136. The van der Waals surface area contributed by atoms with Crippen molar-refractivity contribution in [2.45, 2.75) is 97.4 Å². The molecule has 3 rings (SSSR count). The van der Waals surface area contributed by atoms with Gasteiger partial charge in [0.1, 0.15) is 5.78 Å². The first kappa shape index (κ1) is 19.9. The van der Waals surface area contributed by atoms with E-state index in [0.717, 1.165) is 6.42 Å². The highest BCUT2D eigenvalue weighted by Crippen LogP contribution is 2.56. The number of hydrogen-bond donors (Lipinski definition) is 0. The van der Waals surface area contributed by atoms with Gasteiger partial charge in [-0.2, -0.15) is 0 Å². The first-order valence-electron chi connectivity index (χ1n) is 9.89. The normalized spacial score (nSPS) is 33.5. The van der Waals surface area contributed by atoms with Gasteiger partial charge in [-0.1, -0.05) is 60.1 Å². The highest BCUT2D eigenvalue weighted by molar-refractivity contribution is 6.77. The standard InChI is InChI=1S/C21H38O2Si/c1-13(2)24(14(3)4,15(5)6)23-21-11-10-19(16(7)12-21)17(8)20(21)18(9)22/h12-15,17,19-20H,10-11H2,1-9H3/t17-,19-,20-,21-/m0/s1. The lowest BCUT2D eigenvalue weighted by atomic mass is 9.57. The van der Waals surface area contributed by atoms with Gasteiger partial charge < -0.3 is 4.43 Å². The van der Waals surface area contributed by atoms with Crippen LogP contribution in [0.4, 0.5) is 0 Å². The van der Waals surface area contributed by atoms with Gasteiger partial charge in [-0.05, 0) is 55.1 Å². The van der Waals surface area contributed by atoms with E-state index >= 15 is 0 Å². The Hall–Kier alpha value is -0.413. The molecule has 2 bridgehead atoms. The van der Waals surface area contributed by atoms with Gasteiger partial charge in [-0.15, -0.1) is 0 Å². The van der Waals surface area contributed by atoms with Crippen molar-refractivity contribution in [3.63, 3.8) is 0 Å². The molecule has 24 heavy (non-hydrogen) atoms. The summed E-state index contributed by atoms with van der Waals surface area (Å²) in [4.78, 5) is 12.6. The number of hydrogen-bond acceptors (Lipinski definition) is 2. The Balaban J connectivity index is 2.57. The minimum atomic E-state index is -2.03. The molecule has 0 aromatic rings. The Labute approximate surface area is 150 Å². The van der Waals surface area contributed by atoms with Gasteiger partial charge in [0.05, 0.1) is 11.5 Å². The molecule has 0 N–H and O–H groups in total. The van der Waals surface area contributed by atoms with Crippen LogP contribution in [0.3, 0.4) is 0 Å². The van der Waals surface area contributed by atoms with Crippen LogP contribution in [0.25, 0.3) is 0 Å². The summed E-state index contributed by atoms with van der Waals surface area (Å²) in [6.07, 6.45) is 4.55. The van der Waals surface area contributed by atoms with Crippen LogP contribution in [-0.2, 0) is 9.22 Å². The summed E-state index contributed by atoms with van der Waals surface area (Å²) in [7, 11) is -2.03. The van der Waals surface area contributed by atoms with Gasteiger partial charge in [0.15, 0.2) is 0 Å². The summed E-state index contributed by atoms with van der Waals surface area (Å²) < 4.78 is 7.29. The molecule has 0 spiro atoms. The van der Waals surface area contributed by atoms with Crippen LogP contribution in [-0.4, -0.2) is 19.7 Å². The van der Waals surface area contributed by atoms with Gasteiger partial charge in [0.2, 0.25) is 8.32 Å². The van der Waals surface area contributed by atoms with Gasteiger partial charge in [0, 0.05) is 0 Å². The number of ketones is 1. The Kier molecular flexibility index (Phi) is 5.57. The first-order valence-corrected chi connectivity index (χ1v) is 12.0. The van der Waals surface area contributed by atoms with E-state index in [1.807, 2.05) is 0 Å². The van der Waals surface area contributed by atoms with E-state index in [2.05, 4.69) is 61.5 Å². The molecule has 0 unspecified atom stereocenters. The SMILES string of the molecule is CC(=O)[C@@H]1[C@@H](C)[C@H]2CC[C@]1(O[Si](C(C)C)(C(C)C)C(C)C)C=C2C. The second-order valence-corrected chi connectivity index (χ2v) is 14.7. The molecule has 0 amide bonds. The van der Waals surface area contributed by atoms with Crippen molar-refractivity contribution in [1.82, 2.24) is 0 Å². The van der Waals surface area contributed by atoms with E-state index in [1.165, 1.54) is 12.0 Å². The van der Waals surface area contributed by atoms with Crippen molar-refractivity contribution >= 4 is 14.1 Å².